The van der Waals surface area contributed by atoms with E-state index in [0.717, 1.165) is 23.6 Å². The van der Waals surface area contributed by atoms with Gasteiger partial charge in [0.15, 0.2) is 5.96 Å². The lowest BCUT2D eigenvalue weighted by Crippen LogP contribution is -2.21. The van der Waals surface area contributed by atoms with Crippen molar-refractivity contribution in [2.45, 2.75) is 12.2 Å². The molecule has 4 N–H and O–H groups in total. The normalized spacial score (nSPS) is 10.8. The van der Waals surface area contributed by atoms with Gasteiger partial charge < -0.3 is 16.5 Å². The third kappa shape index (κ3) is 5.13. The van der Waals surface area contributed by atoms with Gasteiger partial charge in [0.25, 0.3) is 0 Å². The number of hydrogen-bond acceptors (Lipinski definition) is 5. The predicted octanol–water partition coefficient (Wildman–Crippen LogP) is 1.37. The van der Waals surface area contributed by atoms with Gasteiger partial charge >= 0.3 is 0 Å². The second kappa shape index (κ2) is 7.24. The summed E-state index contributed by atoms with van der Waals surface area (Å²) in [6.07, 6.45) is 2.91. The maximum absolute atomic E-state index is 5.26. The second-order valence-corrected chi connectivity index (χ2v) is 4.88. The summed E-state index contributed by atoms with van der Waals surface area (Å²) in [7, 11) is 1.78. The minimum Gasteiger partial charge on any atom is -0.370 e. The fraction of sp³-hybridized carbons (Fsp3) is 0.444. The first-order valence-corrected chi connectivity index (χ1v) is 6.78. The van der Waals surface area contributed by atoms with Crippen LogP contribution < -0.4 is 11.5 Å². The van der Waals surface area contributed by atoms with Crippen LogP contribution in [0.15, 0.2) is 15.4 Å². The van der Waals surface area contributed by atoms with E-state index in [4.69, 9.17) is 11.5 Å². The Kier molecular flexibility index (Phi) is 5.87. The number of aliphatic imine (C=N–C) groups is 2. The van der Waals surface area contributed by atoms with Crippen molar-refractivity contribution in [3.8, 4) is 0 Å². The van der Waals surface area contributed by atoms with Gasteiger partial charge in [-0.1, -0.05) is 0 Å². The molecule has 0 aliphatic rings. The highest BCUT2D eigenvalue weighted by Crippen LogP contribution is 2.21. The topological polar surface area (TPSA) is 89.6 Å². The minimum absolute atomic E-state index is 0.0488. The Bertz CT molecular complexity index is 368. The third-order valence-corrected chi connectivity index (χ3v) is 3.40. The summed E-state index contributed by atoms with van der Waals surface area (Å²) >= 11 is 3.27. The largest absolute Gasteiger partial charge is 0.370 e. The maximum atomic E-state index is 5.26. The fourth-order valence-corrected chi connectivity index (χ4v) is 2.55. The van der Waals surface area contributed by atoms with E-state index in [1.165, 1.54) is 11.3 Å². The number of rotatable bonds is 6. The molecule has 0 aromatic carbocycles. The van der Waals surface area contributed by atoms with E-state index >= 15 is 0 Å². The van der Waals surface area contributed by atoms with Gasteiger partial charge in [-0.25, -0.2) is 4.98 Å². The van der Waals surface area contributed by atoms with Crippen molar-refractivity contribution < 1.29 is 0 Å². The van der Waals surface area contributed by atoms with E-state index in [-0.39, 0.29) is 5.96 Å². The van der Waals surface area contributed by atoms with Crippen molar-refractivity contribution in [3.05, 3.63) is 11.1 Å². The molecule has 1 heterocycles. The molecule has 16 heavy (non-hydrogen) atoms. The van der Waals surface area contributed by atoms with Crippen molar-refractivity contribution >= 4 is 40.4 Å². The Morgan fingerprint density at radius 1 is 1.62 bits per heavy atom. The quantitative estimate of drug-likeness (QED) is 0.457. The average Bonchev–Trinajstić information content (AvgIpc) is 2.64. The van der Waals surface area contributed by atoms with Crippen LogP contribution in [0.3, 0.4) is 0 Å². The highest BCUT2D eigenvalue weighted by Gasteiger charge is 2.00. The first kappa shape index (κ1) is 13.0. The van der Waals surface area contributed by atoms with E-state index in [0.29, 0.717) is 5.13 Å². The molecule has 1 rings (SSSR count). The highest BCUT2D eigenvalue weighted by molar-refractivity contribution is 7.98. The second-order valence-electron chi connectivity index (χ2n) is 2.94. The molecule has 0 spiro atoms. The van der Waals surface area contributed by atoms with Crippen molar-refractivity contribution in [1.29, 1.82) is 0 Å². The Labute approximate surface area is 103 Å². The lowest BCUT2D eigenvalue weighted by molar-refractivity contribution is 1.20. The van der Waals surface area contributed by atoms with Gasteiger partial charge in [-0.15, -0.1) is 11.3 Å². The Morgan fingerprint density at radius 3 is 3.12 bits per heavy atom. The van der Waals surface area contributed by atoms with Crippen LogP contribution in [0.5, 0.6) is 0 Å². The highest BCUT2D eigenvalue weighted by atomic mass is 32.2. The van der Waals surface area contributed by atoms with E-state index in [1.54, 1.807) is 7.05 Å². The van der Waals surface area contributed by atoms with Gasteiger partial charge in [-0.3, -0.25) is 0 Å². The number of nitrogens with zero attached hydrogens (tertiary/aromatic N) is 3. The molecule has 0 radical (unpaired) electrons. The average molecular weight is 257 g/mol. The van der Waals surface area contributed by atoms with Crippen molar-refractivity contribution in [2.24, 2.45) is 21.5 Å². The van der Waals surface area contributed by atoms with Crippen LogP contribution in [-0.2, 0) is 5.75 Å². The van der Waals surface area contributed by atoms with E-state index in [1.807, 2.05) is 23.4 Å². The first-order chi connectivity index (χ1) is 7.72. The van der Waals surface area contributed by atoms with Gasteiger partial charge in [0, 0.05) is 18.2 Å². The van der Waals surface area contributed by atoms with Gasteiger partial charge in [-0.05, 0) is 18.4 Å². The number of hydrogen-bond donors (Lipinski definition) is 2. The molecule has 1 aromatic rings. The van der Waals surface area contributed by atoms with Crippen molar-refractivity contribution in [3.63, 3.8) is 0 Å². The van der Waals surface area contributed by atoms with Gasteiger partial charge in [0.2, 0.25) is 5.13 Å². The molecule has 7 heteroatoms. The Morgan fingerprint density at radius 2 is 2.44 bits per heavy atom. The third-order valence-electron chi connectivity index (χ3n) is 1.59. The molecule has 0 aliphatic carbocycles. The zero-order valence-corrected chi connectivity index (χ0v) is 10.7. The van der Waals surface area contributed by atoms with Crippen LogP contribution in [0.1, 0.15) is 12.1 Å². The molecule has 88 valence electrons. The number of guanidine groups is 1. The van der Waals surface area contributed by atoms with Gasteiger partial charge in [-0.2, -0.15) is 16.8 Å². The zero-order chi connectivity index (χ0) is 11.8. The predicted molar refractivity (Wildman–Crippen MR) is 72.8 cm³/mol. The summed E-state index contributed by atoms with van der Waals surface area (Å²) in [5, 5.41) is 2.59. The molecule has 0 fully saturated rings. The van der Waals surface area contributed by atoms with Crippen LogP contribution in [0.2, 0.25) is 0 Å². The summed E-state index contributed by atoms with van der Waals surface area (Å²) < 4.78 is 0. The summed E-state index contributed by atoms with van der Waals surface area (Å²) in [6.45, 7) is 0. The van der Waals surface area contributed by atoms with Crippen LogP contribution in [0.25, 0.3) is 0 Å². The molecule has 0 unspecified atom stereocenters. The molecular weight excluding hydrogens is 242 g/mol. The molecular formula is C9H15N5S2. The lowest BCUT2D eigenvalue weighted by atomic mass is 10.5. The SMILES string of the molecule is CN=CCCSCc1csc(N=C(N)N)n1. The first-order valence-electron chi connectivity index (χ1n) is 4.74. The van der Waals surface area contributed by atoms with E-state index in [9.17, 15) is 0 Å². The van der Waals surface area contributed by atoms with Crippen molar-refractivity contribution in [1.82, 2.24) is 4.98 Å². The molecule has 0 saturated carbocycles. The number of thioether (sulfide) groups is 1. The van der Waals surface area contributed by atoms with Crippen LogP contribution in [0.4, 0.5) is 5.13 Å². The molecule has 0 bridgehead atoms. The molecule has 1 aromatic heterocycles. The Balaban J connectivity index is 2.32. The molecule has 0 aliphatic heterocycles. The molecule has 0 amide bonds. The zero-order valence-electron chi connectivity index (χ0n) is 9.09. The number of nitrogens with two attached hydrogens (primary N) is 2. The van der Waals surface area contributed by atoms with Crippen LogP contribution in [-0.4, -0.2) is 30.0 Å². The Hall–Kier alpha value is -1.08. The number of aromatic nitrogens is 1. The summed E-state index contributed by atoms with van der Waals surface area (Å²) in [5.41, 5.74) is 11.5. The minimum atomic E-state index is 0.0488. The van der Waals surface area contributed by atoms with Crippen molar-refractivity contribution in [2.75, 3.05) is 12.8 Å². The molecule has 5 nitrogen and oxygen atoms in total. The molecule has 0 saturated heterocycles. The van der Waals surface area contributed by atoms with Crippen LogP contribution in [0, 0.1) is 0 Å². The summed E-state index contributed by atoms with van der Waals surface area (Å²) in [6, 6.07) is 0. The van der Waals surface area contributed by atoms with Crippen LogP contribution >= 0.6 is 23.1 Å². The van der Waals surface area contributed by atoms with Gasteiger partial charge in [0.05, 0.1) is 5.69 Å². The monoisotopic (exact) mass is 257 g/mol. The van der Waals surface area contributed by atoms with E-state index in [2.05, 4.69) is 15.0 Å². The standard InChI is InChI=1S/C9H15N5S2/c1-12-3-2-4-15-5-7-6-16-9(13-7)14-8(10)11/h3,6H,2,4-5H2,1H3,(H4,10,11,13,14). The fourth-order valence-electron chi connectivity index (χ4n) is 0.966. The van der Waals surface area contributed by atoms with E-state index < -0.39 is 0 Å². The summed E-state index contributed by atoms with van der Waals surface area (Å²) in [5.74, 6) is 1.98. The smallest absolute Gasteiger partial charge is 0.212 e. The van der Waals surface area contributed by atoms with Gasteiger partial charge in [0.1, 0.15) is 0 Å². The molecule has 0 atom stereocenters. The maximum Gasteiger partial charge on any atom is 0.212 e. The number of thiazole rings is 1. The lowest BCUT2D eigenvalue weighted by Gasteiger charge is -1.94. The summed E-state index contributed by atoms with van der Waals surface area (Å²) in [4.78, 5) is 12.1.